The van der Waals surface area contributed by atoms with Gasteiger partial charge in [0.1, 0.15) is 0 Å². The molecule has 122 valence electrons. The Bertz CT molecular complexity index is 785. The summed E-state index contributed by atoms with van der Waals surface area (Å²) in [4.78, 5) is 16.3. The number of pyridine rings is 1. The van der Waals surface area contributed by atoms with Gasteiger partial charge >= 0.3 is 5.97 Å². The quantitative estimate of drug-likeness (QED) is 0.684. The Morgan fingerprint density at radius 1 is 1.38 bits per heavy atom. The molecule has 2 heterocycles. The van der Waals surface area contributed by atoms with Gasteiger partial charge in [-0.05, 0) is 54.7 Å². The van der Waals surface area contributed by atoms with Crippen LogP contribution in [0, 0.1) is 5.92 Å². The maximum Gasteiger partial charge on any atom is 0.338 e. The molecule has 0 bridgehead atoms. The highest BCUT2D eigenvalue weighted by Crippen LogP contribution is 2.49. The van der Waals surface area contributed by atoms with E-state index in [1.54, 1.807) is 6.20 Å². The minimum atomic E-state index is -0.256. The molecule has 4 heteroatoms. The van der Waals surface area contributed by atoms with E-state index >= 15 is 0 Å². The fourth-order valence-corrected chi connectivity index (χ4v) is 3.83. The van der Waals surface area contributed by atoms with Crippen molar-refractivity contribution >= 4 is 11.7 Å². The molecule has 1 aromatic carbocycles. The number of anilines is 1. The smallest absolute Gasteiger partial charge is 0.338 e. The Labute approximate surface area is 141 Å². The van der Waals surface area contributed by atoms with Gasteiger partial charge in [-0.2, -0.15) is 0 Å². The van der Waals surface area contributed by atoms with Crippen molar-refractivity contribution in [3.8, 4) is 0 Å². The van der Waals surface area contributed by atoms with Gasteiger partial charge in [-0.15, -0.1) is 0 Å². The molecule has 1 aromatic heterocycles. The fourth-order valence-electron chi connectivity index (χ4n) is 3.83. The molecule has 1 N–H and O–H groups in total. The maximum atomic E-state index is 12.0. The topological polar surface area (TPSA) is 51.2 Å². The number of nitrogens with zero attached hydrogens (tertiary/aromatic N) is 1. The van der Waals surface area contributed by atoms with Crippen molar-refractivity contribution in [2.24, 2.45) is 5.92 Å². The lowest BCUT2D eigenvalue weighted by Gasteiger charge is -2.37. The van der Waals surface area contributed by atoms with E-state index in [0.717, 1.165) is 12.1 Å². The number of carbonyl (C=O) groups excluding carboxylic acids is 1. The van der Waals surface area contributed by atoms with Crippen molar-refractivity contribution in [1.82, 2.24) is 4.98 Å². The Hall–Kier alpha value is -2.62. The number of benzene rings is 1. The summed E-state index contributed by atoms with van der Waals surface area (Å²) in [7, 11) is 0. The second-order valence-corrected chi connectivity index (χ2v) is 6.28. The van der Waals surface area contributed by atoms with Crippen LogP contribution in [-0.4, -0.2) is 17.6 Å². The van der Waals surface area contributed by atoms with Gasteiger partial charge in [-0.3, -0.25) is 4.98 Å². The second-order valence-electron chi connectivity index (χ2n) is 6.28. The van der Waals surface area contributed by atoms with Crippen molar-refractivity contribution in [3.63, 3.8) is 0 Å². The van der Waals surface area contributed by atoms with Crippen LogP contribution in [0.1, 0.15) is 46.8 Å². The van der Waals surface area contributed by atoms with Crippen molar-refractivity contribution in [1.29, 1.82) is 0 Å². The summed E-state index contributed by atoms with van der Waals surface area (Å²) in [6, 6.07) is 10.1. The van der Waals surface area contributed by atoms with E-state index in [-0.39, 0.29) is 12.0 Å². The van der Waals surface area contributed by atoms with Gasteiger partial charge in [0.25, 0.3) is 0 Å². The SMILES string of the molecule is CCOC(=O)c1ccc2c(c1)[C@H]1C=CC[C@@H]1[C@H](c1cccnc1)N2. The van der Waals surface area contributed by atoms with Crippen molar-refractivity contribution in [2.45, 2.75) is 25.3 Å². The molecule has 1 aliphatic heterocycles. The first-order chi connectivity index (χ1) is 11.8. The molecule has 1 aliphatic carbocycles. The normalized spacial score (nSPS) is 24.0. The van der Waals surface area contributed by atoms with Gasteiger partial charge < -0.3 is 10.1 Å². The number of nitrogens with one attached hydrogen (secondary N) is 1. The molecule has 24 heavy (non-hydrogen) atoms. The Kier molecular flexibility index (Phi) is 3.81. The molecule has 0 spiro atoms. The van der Waals surface area contributed by atoms with Crippen LogP contribution < -0.4 is 5.32 Å². The second kappa shape index (κ2) is 6.11. The number of aromatic nitrogens is 1. The molecule has 0 amide bonds. The van der Waals surface area contributed by atoms with E-state index in [9.17, 15) is 4.79 Å². The van der Waals surface area contributed by atoms with E-state index in [0.29, 0.717) is 24.0 Å². The first-order valence-electron chi connectivity index (χ1n) is 8.42. The van der Waals surface area contributed by atoms with Crippen LogP contribution in [0.3, 0.4) is 0 Å². The van der Waals surface area contributed by atoms with Gasteiger partial charge in [0.05, 0.1) is 18.2 Å². The van der Waals surface area contributed by atoms with Crippen LogP contribution in [0.5, 0.6) is 0 Å². The summed E-state index contributed by atoms with van der Waals surface area (Å²) in [5.41, 5.74) is 4.09. The third-order valence-corrected chi connectivity index (χ3v) is 4.92. The number of fused-ring (bicyclic) bond motifs is 3. The molecule has 0 saturated carbocycles. The molecule has 2 aromatic rings. The predicted molar refractivity (Wildman–Crippen MR) is 93.0 cm³/mol. The zero-order chi connectivity index (χ0) is 16.5. The Morgan fingerprint density at radius 3 is 3.08 bits per heavy atom. The lowest BCUT2D eigenvalue weighted by Crippen LogP contribution is -2.29. The Balaban J connectivity index is 1.72. The van der Waals surface area contributed by atoms with Crippen molar-refractivity contribution in [3.05, 3.63) is 71.6 Å². The molecule has 4 nitrogen and oxygen atoms in total. The standard InChI is InChI=1S/C20H20N2O2/c1-2-24-20(23)13-8-9-18-17(11-13)15-6-3-7-16(15)19(22-18)14-5-4-10-21-12-14/h3-6,8-12,15-16,19,22H,2,7H2,1H3/t15-,16-,19-/m0/s1. The third-order valence-electron chi connectivity index (χ3n) is 4.92. The number of hydrogen-bond acceptors (Lipinski definition) is 4. The van der Waals surface area contributed by atoms with E-state index in [1.807, 2.05) is 37.4 Å². The number of rotatable bonds is 3. The first kappa shape index (κ1) is 14.9. The molecular formula is C20H20N2O2. The third kappa shape index (κ3) is 2.48. The van der Waals surface area contributed by atoms with E-state index in [2.05, 4.69) is 28.5 Å². The zero-order valence-electron chi connectivity index (χ0n) is 13.6. The summed E-state index contributed by atoms with van der Waals surface area (Å²) >= 11 is 0. The summed E-state index contributed by atoms with van der Waals surface area (Å²) in [5.74, 6) is 0.508. The number of hydrogen-bond donors (Lipinski definition) is 1. The fraction of sp³-hybridized carbons (Fsp3) is 0.300. The summed E-state index contributed by atoms with van der Waals surface area (Å²) in [5, 5.41) is 3.65. The molecule has 0 fully saturated rings. The Morgan fingerprint density at radius 2 is 2.29 bits per heavy atom. The highest BCUT2D eigenvalue weighted by Gasteiger charge is 2.38. The number of ether oxygens (including phenoxy) is 1. The molecule has 0 saturated heterocycles. The average molecular weight is 320 g/mol. The zero-order valence-corrected chi connectivity index (χ0v) is 13.6. The van der Waals surface area contributed by atoms with Crippen LogP contribution in [0.25, 0.3) is 0 Å². The number of carbonyl (C=O) groups is 1. The maximum absolute atomic E-state index is 12.0. The number of esters is 1. The first-order valence-corrected chi connectivity index (χ1v) is 8.42. The van der Waals surface area contributed by atoms with Crippen LogP contribution in [-0.2, 0) is 4.74 Å². The van der Waals surface area contributed by atoms with E-state index < -0.39 is 0 Å². The lowest BCUT2D eigenvalue weighted by molar-refractivity contribution is 0.0526. The molecular weight excluding hydrogens is 300 g/mol. The van der Waals surface area contributed by atoms with Gasteiger partial charge in [0.2, 0.25) is 0 Å². The van der Waals surface area contributed by atoms with Crippen LogP contribution in [0.2, 0.25) is 0 Å². The minimum absolute atomic E-state index is 0.236. The molecule has 3 atom stereocenters. The monoisotopic (exact) mass is 320 g/mol. The predicted octanol–water partition coefficient (Wildman–Crippen LogP) is 4.08. The summed E-state index contributed by atoms with van der Waals surface area (Å²) in [6.07, 6.45) is 9.27. The van der Waals surface area contributed by atoms with Gasteiger partial charge in [-0.25, -0.2) is 4.79 Å². The molecule has 0 unspecified atom stereocenters. The highest BCUT2D eigenvalue weighted by molar-refractivity contribution is 5.90. The average Bonchev–Trinajstić information content (AvgIpc) is 3.11. The molecule has 4 rings (SSSR count). The number of allylic oxidation sites excluding steroid dienone is 2. The van der Waals surface area contributed by atoms with Gasteiger partial charge in [0.15, 0.2) is 0 Å². The summed E-state index contributed by atoms with van der Waals surface area (Å²) < 4.78 is 5.14. The lowest BCUT2D eigenvalue weighted by atomic mass is 9.77. The van der Waals surface area contributed by atoms with Crippen LogP contribution in [0.4, 0.5) is 5.69 Å². The van der Waals surface area contributed by atoms with Gasteiger partial charge in [0, 0.05) is 24.0 Å². The van der Waals surface area contributed by atoms with Crippen LogP contribution >= 0.6 is 0 Å². The van der Waals surface area contributed by atoms with Crippen molar-refractivity contribution < 1.29 is 9.53 Å². The molecule has 0 radical (unpaired) electrons. The van der Waals surface area contributed by atoms with E-state index in [4.69, 9.17) is 4.74 Å². The summed E-state index contributed by atoms with van der Waals surface area (Å²) in [6.45, 7) is 2.22. The van der Waals surface area contributed by atoms with E-state index in [1.165, 1.54) is 11.1 Å². The minimum Gasteiger partial charge on any atom is -0.462 e. The molecule has 2 aliphatic rings. The van der Waals surface area contributed by atoms with Crippen molar-refractivity contribution in [2.75, 3.05) is 11.9 Å². The highest BCUT2D eigenvalue weighted by atomic mass is 16.5. The van der Waals surface area contributed by atoms with Crippen LogP contribution in [0.15, 0.2) is 54.9 Å². The van der Waals surface area contributed by atoms with Gasteiger partial charge in [-0.1, -0.05) is 18.2 Å². The largest absolute Gasteiger partial charge is 0.462 e.